The third kappa shape index (κ3) is 4.18. The minimum absolute atomic E-state index is 0.0345. The van der Waals surface area contributed by atoms with Crippen molar-refractivity contribution >= 4 is 28.1 Å². The van der Waals surface area contributed by atoms with Crippen LogP contribution in [-0.4, -0.2) is 67.8 Å². The van der Waals surface area contributed by atoms with E-state index in [0.29, 0.717) is 30.1 Å². The van der Waals surface area contributed by atoms with Crippen LogP contribution in [0.15, 0.2) is 34.9 Å². The van der Waals surface area contributed by atoms with Gasteiger partial charge in [-0.1, -0.05) is 48.7 Å². The largest absolute Gasteiger partial charge is 0.384 e. The Balaban J connectivity index is 1.34. The zero-order valence-corrected chi connectivity index (χ0v) is 21.2. The summed E-state index contributed by atoms with van der Waals surface area (Å²) >= 11 is 0. The lowest BCUT2D eigenvalue weighted by atomic mass is 9.86. The highest BCUT2D eigenvalue weighted by atomic mass is 16.5. The summed E-state index contributed by atoms with van der Waals surface area (Å²) in [6, 6.07) is 10.6. The topological polar surface area (TPSA) is 70.8 Å². The van der Waals surface area contributed by atoms with Gasteiger partial charge in [0.2, 0.25) is 0 Å². The molecule has 3 aliphatic rings. The summed E-state index contributed by atoms with van der Waals surface area (Å²) in [6.45, 7) is 8.22. The molecule has 1 N–H and O–H groups in total. The molecule has 0 bridgehead atoms. The molecule has 2 heterocycles. The maximum Gasteiger partial charge on any atom is 0.196 e. The number of ether oxygens (including phenoxy) is 1. The number of anilines is 2. The zero-order valence-electron chi connectivity index (χ0n) is 21.2. The second kappa shape index (κ2) is 10.2. The third-order valence-corrected chi connectivity index (χ3v) is 8.11. The van der Waals surface area contributed by atoms with E-state index >= 15 is 0 Å². The average Bonchev–Trinajstić information content (AvgIpc) is 3.38. The molecule has 6 rings (SSSR count). The van der Waals surface area contributed by atoms with E-state index in [0.717, 1.165) is 73.0 Å². The van der Waals surface area contributed by atoms with Crippen molar-refractivity contribution in [2.45, 2.75) is 51.5 Å². The molecule has 190 valence electrons. The number of piperazine rings is 1. The Kier molecular flexibility index (Phi) is 6.67. The number of aromatic nitrogens is 1. The highest BCUT2D eigenvalue weighted by Gasteiger charge is 2.34. The first kappa shape index (κ1) is 23.5. The van der Waals surface area contributed by atoms with Gasteiger partial charge in [-0.25, -0.2) is 0 Å². The average molecular weight is 489 g/mol. The van der Waals surface area contributed by atoms with Crippen LogP contribution in [0.1, 0.15) is 61.4 Å². The molecule has 2 fully saturated rings. The Labute approximate surface area is 212 Å². The summed E-state index contributed by atoms with van der Waals surface area (Å²) in [6.07, 6.45) is 7.66. The number of nitrogens with zero attached hydrogens (tertiary/aromatic N) is 3. The maximum absolute atomic E-state index is 13.7. The van der Waals surface area contributed by atoms with Gasteiger partial charge in [0, 0.05) is 68.8 Å². The summed E-state index contributed by atoms with van der Waals surface area (Å²) in [5.74, 6) is 0.738. The lowest BCUT2D eigenvalue weighted by Crippen LogP contribution is -2.51. The van der Waals surface area contributed by atoms with Crippen LogP contribution in [0.25, 0.3) is 22.2 Å². The minimum atomic E-state index is 0.0345. The van der Waals surface area contributed by atoms with Gasteiger partial charge in [-0.05, 0) is 32.3 Å². The molecule has 3 aromatic rings. The van der Waals surface area contributed by atoms with Gasteiger partial charge in [-0.15, -0.1) is 0 Å². The number of fused-ring (bicyclic) bond motifs is 2. The van der Waals surface area contributed by atoms with Crippen LogP contribution in [0, 0.1) is 0 Å². The van der Waals surface area contributed by atoms with Gasteiger partial charge in [0.15, 0.2) is 11.5 Å². The number of hydrogen-bond donors (Lipinski definition) is 1. The molecule has 0 spiro atoms. The van der Waals surface area contributed by atoms with Gasteiger partial charge in [0.1, 0.15) is 5.52 Å². The molecule has 1 saturated heterocycles. The van der Waals surface area contributed by atoms with Crippen molar-refractivity contribution in [1.29, 1.82) is 0 Å². The normalized spacial score (nSPS) is 18.6. The van der Waals surface area contributed by atoms with Crippen molar-refractivity contribution in [3.8, 4) is 11.3 Å². The Bertz CT molecular complexity index is 1240. The van der Waals surface area contributed by atoms with Gasteiger partial charge >= 0.3 is 0 Å². The van der Waals surface area contributed by atoms with Crippen molar-refractivity contribution in [1.82, 2.24) is 10.1 Å². The van der Waals surface area contributed by atoms with Crippen molar-refractivity contribution in [2.24, 2.45) is 0 Å². The van der Waals surface area contributed by atoms with Crippen molar-refractivity contribution in [3.63, 3.8) is 0 Å². The molecular weight excluding hydrogens is 452 g/mol. The second-order valence-corrected chi connectivity index (χ2v) is 10.2. The summed E-state index contributed by atoms with van der Waals surface area (Å²) in [7, 11) is 0. The minimum Gasteiger partial charge on any atom is -0.384 e. The Morgan fingerprint density at radius 1 is 1.08 bits per heavy atom. The Morgan fingerprint density at radius 3 is 2.64 bits per heavy atom. The van der Waals surface area contributed by atoms with Crippen LogP contribution in [0.2, 0.25) is 0 Å². The lowest BCUT2D eigenvalue weighted by Gasteiger charge is -2.41. The van der Waals surface area contributed by atoms with Crippen LogP contribution in [-0.2, 0) is 4.74 Å². The van der Waals surface area contributed by atoms with Crippen molar-refractivity contribution < 1.29 is 14.1 Å². The summed E-state index contributed by atoms with van der Waals surface area (Å²) < 4.78 is 11.5. The van der Waals surface area contributed by atoms with Crippen molar-refractivity contribution in [3.05, 3.63) is 41.5 Å². The van der Waals surface area contributed by atoms with Crippen LogP contribution < -0.4 is 10.2 Å². The number of rotatable bonds is 8. The summed E-state index contributed by atoms with van der Waals surface area (Å²) in [4.78, 5) is 18.8. The highest BCUT2D eigenvalue weighted by Crippen LogP contribution is 2.46. The molecule has 1 aliphatic heterocycles. The molecule has 0 radical (unpaired) electrons. The quantitative estimate of drug-likeness (QED) is 0.336. The van der Waals surface area contributed by atoms with Crippen LogP contribution >= 0.6 is 0 Å². The fourth-order valence-corrected chi connectivity index (χ4v) is 6.24. The highest BCUT2D eigenvalue weighted by molar-refractivity contribution is 6.28. The number of carbonyl (C=O) groups excluding carboxylic acids is 1. The Hall–Kier alpha value is -2.90. The van der Waals surface area contributed by atoms with Crippen LogP contribution in [0.5, 0.6) is 0 Å². The molecule has 1 aromatic heterocycles. The first-order valence-corrected chi connectivity index (χ1v) is 13.7. The van der Waals surface area contributed by atoms with Gasteiger partial charge in [-0.3, -0.25) is 9.69 Å². The zero-order chi connectivity index (χ0) is 24.5. The van der Waals surface area contributed by atoms with Gasteiger partial charge in [0.25, 0.3) is 0 Å². The predicted octanol–water partition coefficient (Wildman–Crippen LogP) is 5.33. The second-order valence-electron chi connectivity index (χ2n) is 10.2. The fraction of sp³-hybridized carbons (Fsp3) is 0.517. The first-order valence-electron chi connectivity index (χ1n) is 13.7. The van der Waals surface area contributed by atoms with E-state index in [1.165, 1.54) is 32.1 Å². The molecule has 7 heteroatoms. The van der Waals surface area contributed by atoms with Gasteiger partial charge in [-0.2, -0.15) is 0 Å². The van der Waals surface area contributed by atoms with Gasteiger partial charge < -0.3 is 19.5 Å². The molecule has 0 amide bonds. The summed E-state index contributed by atoms with van der Waals surface area (Å²) in [5.41, 5.74) is 4.92. The molecule has 2 aliphatic carbocycles. The monoisotopic (exact) mass is 488 g/mol. The molecular formula is C29H36N4O3. The van der Waals surface area contributed by atoms with Gasteiger partial charge in [0.05, 0.1) is 16.6 Å². The number of benzene rings is 2. The standard InChI is InChI=1S/C29H36N4O3/c1-2-35-18-8-13-30-23-19-24(33-16-14-32(15-17-33)20-9-4-3-5-10-20)27-26-25(23)28(34)21-11-6-7-12-22(21)29(26)36-31-27/h6-7,11-12,19-20,30H,2-5,8-10,13-18H2,1H3. The third-order valence-electron chi connectivity index (χ3n) is 8.11. The number of ketones is 1. The van der Waals surface area contributed by atoms with E-state index in [1.807, 2.05) is 31.2 Å². The predicted molar refractivity (Wildman–Crippen MR) is 143 cm³/mol. The van der Waals surface area contributed by atoms with E-state index < -0.39 is 0 Å². The van der Waals surface area contributed by atoms with Crippen LogP contribution in [0.3, 0.4) is 0 Å². The number of carbonyl (C=O) groups is 1. The molecule has 1 saturated carbocycles. The number of hydrogen-bond acceptors (Lipinski definition) is 7. The smallest absolute Gasteiger partial charge is 0.196 e. The Morgan fingerprint density at radius 2 is 1.86 bits per heavy atom. The fourth-order valence-electron chi connectivity index (χ4n) is 6.24. The van der Waals surface area contributed by atoms with Crippen LogP contribution in [0.4, 0.5) is 11.4 Å². The molecule has 2 aromatic carbocycles. The van der Waals surface area contributed by atoms with E-state index in [-0.39, 0.29) is 5.78 Å². The van der Waals surface area contributed by atoms with E-state index in [4.69, 9.17) is 9.26 Å². The number of nitrogens with one attached hydrogen (secondary N) is 1. The molecule has 0 unspecified atom stereocenters. The van der Waals surface area contributed by atoms with E-state index in [9.17, 15) is 4.79 Å². The maximum atomic E-state index is 13.7. The lowest BCUT2D eigenvalue weighted by molar-refractivity contribution is 0.104. The molecule has 0 atom stereocenters. The molecule has 36 heavy (non-hydrogen) atoms. The van der Waals surface area contributed by atoms with Crippen molar-refractivity contribution in [2.75, 3.05) is 56.2 Å². The molecule has 7 nitrogen and oxygen atoms in total. The SMILES string of the molecule is CCOCCCNc1cc(N2CCN(C3CCCCC3)CC2)c2noc3c2c1C(=O)c1ccccc1-3. The van der Waals surface area contributed by atoms with E-state index in [1.54, 1.807) is 0 Å². The first-order chi connectivity index (χ1) is 17.8. The van der Waals surface area contributed by atoms with E-state index in [2.05, 4.69) is 26.3 Å². The summed E-state index contributed by atoms with van der Waals surface area (Å²) in [5, 5.41) is 8.94.